The Balaban J connectivity index is 1.93. The molecule has 0 aliphatic carbocycles. The Morgan fingerprint density at radius 2 is 2.12 bits per heavy atom. The van der Waals surface area contributed by atoms with Crippen LogP contribution in [-0.2, 0) is 0 Å². The lowest BCUT2D eigenvalue weighted by atomic mass is 10.2. The third kappa shape index (κ3) is 3.30. The second kappa shape index (κ2) is 5.65. The predicted molar refractivity (Wildman–Crippen MR) is 70.5 cm³/mol. The highest BCUT2D eigenvalue weighted by Gasteiger charge is 2.15. The van der Waals surface area contributed by atoms with Crippen molar-refractivity contribution in [2.45, 2.75) is 32.7 Å². The summed E-state index contributed by atoms with van der Waals surface area (Å²) in [6, 6.07) is 0.373. The van der Waals surface area contributed by atoms with Crippen molar-refractivity contribution in [3.05, 3.63) is 17.0 Å². The normalized spacial score (nSPS) is 18.3. The highest BCUT2D eigenvalue weighted by molar-refractivity contribution is 6.30. The highest BCUT2D eigenvalue weighted by Crippen LogP contribution is 2.19. The minimum Gasteiger partial charge on any atom is -0.366 e. The Labute approximate surface area is 107 Å². The predicted octanol–water partition coefficient (Wildman–Crippen LogP) is 2.33. The van der Waals surface area contributed by atoms with E-state index < -0.39 is 0 Å². The van der Waals surface area contributed by atoms with Crippen LogP contribution in [0.2, 0.25) is 5.15 Å². The molecule has 94 valence electrons. The Morgan fingerprint density at radius 1 is 1.41 bits per heavy atom. The molecule has 1 aliphatic rings. The maximum Gasteiger partial charge on any atom is 0.137 e. The van der Waals surface area contributed by atoms with Gasteiger partial charge in [-0.05, 0) is 39.8 Å². The Hall–Kier alpha value is -0.870. The summed E-state index contributed by atoms with van der Waals surface area (Å²) < 4.78 is 0. The van der Waals surface area contributed by atoms with Gasteiger partial charge < -0.3 is 10.2 Å². The van der Waals surface area contributed by atoms with Gasteiger partial charge in [0.25, 0.3) is 0 Å². The summed E-state index contributed by atoms with van der Waals surface area (Å²) in [5, 5.41) is 3.92. The summed E-state index contributed by atoms with van der Waals surface area (Å²) in [7, 11) is 0. The molecule has 1 aliphatic heterocycles. The van der Waals surface area contributed by atoms with Crippen molar-refractivity contribution in [1.82, 2.24) is 14.9 Å². The van der Waals surface area contributed by atoms with Gasteiger partial charge in [-0.3, -0.25) is 0 Å². The molecule has 4 nitrogen and oxygen atoms in total. The van der Waals surface area contributed by atoms with Crippen LogP contribution < -0.4 is 5.32 Å². The van der Waals surface area contributed by atoms with Gasteiger partial charge >= 0.3 is 0 Å². The molecule has 2 heterocycles. The van der Waals surface area contributed by atoms with Crippen LogP contribution in [0.1, 0.15) is 25.3 Å². The van der Waals surface area contributed by atoms with Crippen LogP contribution in [0.15, 0.2) is 6.33 Å². The molecule has 2 rings (SSSR count). The van der Waals surface area contributed by atoms with E-state index in [2.05, 4.69) is 27.1 Å². The van der Waals surface area contributed by atoms with Crippen LogP contribution in [0.4, 0.5) is 5.82 Å². The van der Waals surface area contributed by atoms with Gasteiger partial charge in [0.15, 0.2) is 0 Å². The second-order valence-electron chi connectivity index (χ2n) is 4.69. The largest absolute Gasteiger partial charge is 0.366 e. The fraction of sp³-hybridized carbons (Fsp3) is 0.667. The van der Waals surface area contributed by atoms with Gasteiger partial charge in [-0.2, -0.15) is 0 Å². The zero-order valence-corrected chi connectivity index (χ0v) is 11.2. The van der Waals surface area contributed by atoms with Crippen LogP contribution >= 0.6 is 11.6 Å². The van der Waals surface area contributed by atoms with E-state index in [-0.39, 0.29) is 0 Å². The van der Waals surface area contributed by atoms with Crippen LogP contribution in [-0.4, -0.2) is 40.5 Å². The van der Waals surface area contributed by atoms with Crippen molar-refractivity contribution in [1.29, 1.82) is 0 Å². The van der Waals surface area contributed by atoms with E-state index in [4.69, 9.17) is 11.6 Å². The summed E-state index contributed by atoms with van der Waals surface area (Å²) in [6.07, 6.45) is 4.15. The smallest absolute Gasteiger partial charge is 0.137 e. The van der Waals surface area contributed by atoms with Crippen molar-refractivity contribution in [3.8, 4) is 0 Å². The summed E-state index contributed by atoms with van der Waals surface area (Å²) >= 11 is 5.97. The van der Waals surface area contributed by atoms with Crippen molar-refractivity contribution < 1.29 is 0 Å². The third-order valence-corrected chi connectivity index (χ3v) is 3.52. The number of likely N-dealkylation sites (tertiary alicyclic amines) is 1. The van der Waals surface area contributed by atoms with Gasteiger partial charge in [0.05, 0.1) is 0 Å². The minimum atomic E-state index is 0.373. The molecule has 5 heteroatoms. The van der Waals surface area contributed by atoms with E-state index in [1.54, 1.807) is 0 Å². The molecule has 1 unspecified atom stereocenters. The molecule has 1 aromatic rings. The van der Waals surface area contributed by atoms with Gasteiger partial charge in [-0.25, -0.2) is 9.97 Å². The Bertz CT molecular complexity index is 377. The number of aromatic nitrogens is 2. The average Bonchev–Trinajstić information content (AvgIpc) is 2.77. The van der Waals surface area contributed by atoms with E-state index in [9.17, 15) is 0 Å². The molecule has 1 saturated heterocycles. The topological polar surface area (TPSA) is 41.1 Å². The lowest BCUT2D eigenvalue weighted by Gasteiger charge is -2.22. The third-order valence-electron chi connectivity index (χ3n) is 3.14. The van der Waals surface area contributed by atoms with Crippen molar-refractivity contribution in [2.24, 2.45) is 0 Å². The number of rotatable bonds is 4. The summed E-state index contributed by atoms with van der Waals surface area (Å²) in [6.45, 7) is 7.60. The number of hydrogen-bond acceptors (Lipinski definition) is 4. The number of nitrogens with zero attached hydrogens (tertiary/aromatic N) is 3. The molecule has 0 spiro atoms. The first-order valence-electron chi connectivity index (χ1n) is 6.13. The number of anilines is 1. The fourth-order valence-corrected chi connectivity index (χ4v) is 2.34. The lowest BCUT2D eigenvalue weighted by molar-refractivity contribution is 0.327. The molecule has 0 radical (unpaired) electrons. The van der Waals surface area contributed by atoms with Crippen molar-refractivity contribution in [3.63, 3.8) is 0 Å². The van der Waals surface area contributed by atoms with Crippen LogP contribution in [0, 0.1) is 6.92 Å². The molecular weight excluding hydrogens is 236 g/mol. The van der Waals surface area contributed by atoms with Gasteiger partial charge in [0, 0.05) is 18.2 Å². The molecule has 0 saturated carbocycles. The SMILES string of the molecule is Cc1c(Cl)ncnc1NC(C)CN1CCCC1. The van der Waals surface area contributed by atoms with Crippen LogP contribution in [0.25, 0.3) is 0 Å². The van der Waals surface area contributed by atoms with E-state index in [0.29, 0.717) is 11.2 Å². The molecule has 1 fully saturated rings. The zero-order valence-electron chi connectivity index (χ0n) is 10.4. The Morgan fingerprint density at radius 3 is 2.82 bits per heavy atom. The molecule has 1 atom stereocenters. The zero-order chi connectivity index (χ0) is 12.3. The maximum atomic E-state index is 5.97. The molecule has 0 aromatic carbocycles. The first kappa shape index (κ1) is 12.6. The summed E-state index contributed by atoms with van der Waals surface area (Å²) in [5.74, 6) is 0.844. The quantitative estimate of drug-likeness (QED) is 0.838. The number of nitrogens with one attached hydrogen (secondary N) is 1. The average molecular weight is 255 g/mol. The van der Waals surface area contributed by atoms with Gasteiger partial charge in [0.1, 0.15) is 17.3 Å². The first-order valence-corrected chi connectivity index (χ1v) is 6.50. The van der Waals surface area contributed by atoms with Crippen LogP contribution in [0.3, 0.4) is 0 Å². The van der Waals surface area contributed by atoms with E-state index in [1.807, 2.05) is 6.92 Å². The monoisotopic (exact) mass is 254 g/mol. The molecule has 1 N–H and O–H groups in total. The lowest BCUT2D eigenvalue weighted by Crippen LogP contribution is -2.33. The fourth-order valence-electron chi connectivity index (χ4n) is 2.21. The van der Waals surface area contributed by atoms with Crippen molar-refractivity contribution in [2.75, 3.05) is 25.0 Å². The van der Waals surface area contributed by atoms with Gasteiger partial charge in [-0.1, -0.05) is 11.6 Å². The van der Waals surface area contributed by atoms with E-state index in [0.717, 1.165) is 17.9 Å². The molecule has 0 amide bonds. The number of hydrogen-bond donors (Lipinski definition) is 1. The first-order chi connectivity index (χ1) is 8.16. The van der Waals surface area contributed by atoms with E-state index in [1.165, 1.54) is 32.3 Å². The van der Waals surface area contributed by atoms with Gasteiger partial charge in [-0.15, -0.1) is 0 Å². The minimum absolute atomic E-state index is 0.373. The maximum absolute atomic E-state index is 5.97. The van der Waals surface area contributed by atoms with Crippen LogP contribution in [0.5, 0.6) is 0 Å². The van der Waals surface area contributed by atoms with Crippen molar-refractivity contribution >= 4 is 17.4 Å². The molecule has 0 bridgehead atoms. The second-order valence-corrected chi connectivity index (χ2v) is 5.05. The molecular formula is C12H19ClN4. The number of halogens is 1. The van der Waals surface area contributed by atoms with Gasteiger partial charge in [0.2, 0.25) is 0 Å². The Kier molecular flexibility index (Phi) is 4.18. The highest BCUT2D eigenvalue weighted by atomic mass is 35.5. The van der Waals surface area contributed by atoms with E-state index >= 15 is 0 Å². The summed E-state index contributed by atoms with van der Waals surface area (Å²) in [4.78, 5) is 10.7. The summed E-state index contributed by atoms with van der Waals surface area (Å²) in [5.41, 5.74) is 0.919. The standard InChI is InChI=1S/C12H19ClN4/c1-9(7-17-5-3-4-6-17)16-12-10(2)11(13)14-8-15-12/h8-9H,3-7H2,1-2H3,(H,14,15,16). The molecule has 1 aromatic heterocycles. The molecule has 17 heavy (non-hydrogen) atoms.